The predicted octanol–water partition coefficient (Wildman–Crippen LogP) is 3.04. The SMILES string of the molecule is Cl.O=c1n(CC(O)CO)c2ccccc2n1C1CCN(CC2C3CCC(C3)C23CC3)CC1. The Morgan fingerprint density at radius 2 is 1.78 bits per heavy atom. The van der Waals surface area contributed by atoms with Gasteiger partial charge >= 0.3 is 5.69 Å². The van der Waals surface area contributed by atoms with Crippen LogP contribution in [0.1, 0.15) is 51.0 Å². The molecule has 2 N–H and O–H groups in total. The Bertz CT molecular complexity index is 1020. The van der Waals surface area contributed by atoms with Gasteiger partial charge in [-0.1, -0.05) is 12.1 Å². The molecule has 6 rings (SSSR count). The summed E-state index contributed by atoms with van der Waals surface area (Å²) in [5, 5.41) is 19.2. The van der Waals surface area contributed by atoms with Crippen molar-refractivity contribution in [2.75, 3.05) is 26.2 Å². The minimum Gasteiger partial charge on any atom is -0.394 e. The van der Waals surface area contributed by atoms with Crippen LogP contribution >= 0.6 is 12.4 Å². The first-order valence-electron chi connectivity index (χ1n) is 12.3. The van der Waals surface area contributed by atoms with Gasteiger partial charge in [-0.05, 0) is 80.2 Å². The molecule has 7 heteroatoms. The Labute approximate surface area is 195 Å². The van der Waals surface area contributed by atoms with E-state index in [1.807, 2.05) is 28.8 Å². The molecule has 1 spiro atoms. The number of aliphatic hydroxyl groups is 2. The van der Waals surface area contributed by atoms with Gasteiger partial charge in [0.25, 0.3) is 0 Å². The van der Waals surface area contributed by atoms with Crippen LogP contribution in [0.3, 0.4) is 0 Å². The second kappa shape index (κ2) is 8.46. The fourth-order valence-corrected chi connectivity index (χ4v) is 7.60. The number of para-hydroxylation sites is 2. The molecule has 4 aliphatic rings. The number of aromatic nitrogens is 2. The highest BCUT2D eigenvalue weighted by Crippen LogP contribution is 2.71. The number of piperidine rings is 1. The van der Waals surface area contributed by atoms with E-state index in [9.17, 15) is 15.0 Å². The number of likely N-dealkylation sites (tertiary alicyclic amines) is 1. The van der Waals surface area contributed by atoms with Crippen LogP contribution in [-0.2, 0) is 6.54 Å². The zero-order valence-electron chi connectivity index (χ0n) is 18.7. The van der Waals surface area contributed by atoms with Crippen molar-refractivity contribution in [2.24, 2.45) is 23.2 Å². The van der Waals surface area contributed by atoms with Gasteiger partial charge in [0.1, 0.15) is 0 Å². The van der Waals surface area contributed by atoms with Crippen molar-refractivity contribution < 1.29 is 10.2 Å². The van der Waals surface area contributed by atoms with E-state index < -0.39 is 6.10 Å². The molecule has 0 radical (unpaired) electrons. The van der Waals surface area contributed by atoms with Crippen molar-refractivity contribution in [1.29, 1.82) is 0 Å². The van der Waals surface area contributed by atoms with E-state index in [1.54, 1.807) is 4.57 Å². The summed E-state index contributed by atoms with van der Waals surface area (Å²) in [5.41, 5.74) is 2.45. The molecule has 2 bridgehead atoms. The molecule has 4 atom stereocenters. The molecule has 6 nitrogen and oxygen atoms in total. The smallest absolute Gasteiger partial charge is 0.329 e. The molecule has 2 aromatic rings. The topological polar surface area (TPSA) is 70.6 Å². The zero-order chi connectivity index (χ0) is 21.2. The molecule has 2 heterocycles. The number of fused-ring (bicyclic) bond motifs is 4. The maximum atomic E-state index is 13.3. The van der Waals surface area contributed by atoms with Crippen LogP contribution in [0.25, 0.3) is 11.0 Å². The summed E-state index contributed by atoms with van der Waals surface area (Å²) in [7, 11) is 0. The van der Waals surface area contributed by atoms with Crippen molar-refractivity contribution in [2.45, 2.75) is 63.6 Å². The summed E-state index contributed by atoms with van der Waals surface area (Å²) in [6.45, 7) is 3.20. The predicted molar refractivity (Wildman–Crippen MR) is 127 cm³/mol. The van der Waals surface area contributed by atoms with E-state index in [2.05, 4.69) is 4.90 Å². The van der Waals surface area contributed by atoms with Crippen LogP contribution in [0.15, 0.2) is 29.1 Å². The minimum absolute atomic E-state index is 0. The number of rotatable bonds is 6. The molecule has 3 aliphatic carbocycles. The van der Waals surface area contributed by atoms with Crippen LogP contribution in [-0.4, -0.2) is 56.6 Å². The number of aliphatic hydroxyl groups excluding tert-OH is 2. The Morgan fingerprint density at radius 1 is 1.06 bits per heavy atom. The first-order valence-corrected chi connectivity index (χ1v) is 12.3. The average Bonchev–Trinajstić information content (AvgIpc) is 3.21. The van der Waals surface area contributed by atoms with E-state index in [0.29, 0.717) is 0 Å². The van der Waals surface area contributed by atoms with Crippen LogP contribution in [0, 0.1) is 23.2 Å². The number of hydrogen-bond donors (Lipinski definition) is 2. The number of nitrogens with zero attached hydrogens (tertiary/aromatic N) is 3. The van der Waals surface area contributed by atoms with Gasteiger partial charge in [0.05, 0.1) is 30.3 Å². The molecule has 3 saturated carbocycles. The second-order valence-electron chi connectivity index (χ2n) is 10.7. The highest BCUT2D eigenvalue weighted by molar-refractivity contribution is 5.85. The average molecular weight is 462 g/mol. The lowest BCUT2D eigenvalue weighted by atomic mass is 9.76. The Hall–Kier alpha value is -1.34. The van der Waals surface area contributed by atoms with Crippen molar-refractivity contribution in [1.82, 2.24) is 14.0 Å². The Balaban J connectivity index is 0.00000216. The molecule has 4 fully saturated rings. The third-order valence-electron chi connectivity index (χ3n) is 9.27. The number of benzene rings is 1. The first-order chi connectivity index (χ1) is 15.1. The van der Waals surface area contributed by atoms with E-state index in [1.165, 1.54) is 38.6 Å². The molecule has 1 aliphatic heterocycles. The number of halogens is 1. The van der Waals surface area contributed by atoms with Crippen LogP contribution < -0.4 is 5.69 Å². The minimum atomic E-state index is -0.921. The molecule has 32 heavy (non-hydrogen) atoms. The monoisotopic (exact) mass is 461 g/mol. The van der Waals surface area contributed by atoms with Crippen LogP contribution in [0.2, 0.25) is 0 Å². The summed E-state index contributed by atoms with van der Waals surface area (Å²) in [6.07, 6.45) is 8.48. The summed E-state index contributed by atoms with van der Waals surface area (Å²) < 4.78 is 3.59. The van der Waals surface area contributed by atoms with Crippen LogP contribution in [0.5, 0.6) is 0 Å². The molecular weight excluding hydrogens is 426 g/mol. The van der Waals surface area contributed by atoms with Gasteiger partial charge in [-0.2, -0.15) is 0 Å². The highest BCUT2D eigenvalue weighted by atomic mass is 35.5. The maximum absolute atomic E-state index is 13.3. The number of imidazole rings is 1. The second-order valence-corrected chi connectivity index (χ2v) is 10.7. The molecule has 176 valence electrons. The van der Waals surface area contributed by atoms with Gasteiger partial charge < -0.3 is 15.1 Å². The third-order valence-corrected chi connectivity index (χ3v) is 9.27. The molecule has 4 unspecified atom stereocenters. The largest absolute Gasteiger partial charge is 0.394 e. The number of hydrogen-bond acceptors (Lipinski definition) is 4. The lowest BCUT2D eigenvalue weighted by Gasteiger charge is -2.39. The van der Waals surface area contributed by atoms with Gasteiger partial charge in [-0.3, -0.25) is 9.13 Å². The van der Waals surface area contributed by atoms with E-state index in [0.717, 1.165) is 60.1 Å². The van der Waals surface area contributed by atoms with Gasteiger partial charge in [0.15, 0.2) is 0 Å². The lowest BCUT2D eigenvalue weighted by molar-refractivity contribution is 0.0806. The normalized spacial score (nSPS) is 30.1. The van der Waals surface area contributed by atoms with Crippen molar-refractivity contribution in [3.63, 3.8) is 0 Å². The van der Waals surface area contributed by atoms with Crippen LogP contribution in [0.4, 0.5) is 0 Å². The first kappa shape index (κ1) is 22.5. The van der Waals surface area contributed by atoms with Crippen molar-refractivity contribution in [3.05, 3.63) is 34.7 Å². The Morgan fingerprint density at radius 3 is 2.47 bits per heavy atom. The van der Waals surface area contributed by atoms with Crippen molar-refractivity contribution in [3.8, 4) is 0 Å². The lowest BCUT2D eigenvalue weighted by Crippen LogP contribution is -2.42. The summed E-state index contributed by atoms with van der Waals surface area (Å²) in [4.78, 5) is 16.0. The summed E-state index contributed by atoms with van der Waals surface area (Å²) in [5.74, 6) is 2.93. The van der Waals surface area contributed by atoms with E-state index in [4.69, 9.17) is 0 Å². The summed E-state index contributed by atoms with van der Waals surface area (Å²) in [6, 6.07) is 8.06. The summed E-state index contributed by atoms with van der Waals surface area (Å²) >= 11 is 0. The molecular formula is C25H36ClN3O3. The zero-order valence-corrected chi connectivity index (χ0v) is 19.6. The maximum Gasteiger partial charge on any atom is 0.329 e. The molecule has 1 saturated heterocycles. The Kier molecular flexibility index (Phi) is 5.94. The molecule has 1 aromatic carbocycles. The fraction of sp³-hybridized carbons (Fsp3) is 0.720. The quantitative estimate of drug-likeness (QED) is 0.693. The molecule has 0 amide bonds. The fourth-order valence-electron chi connectivity index (χ4n) is 7.60. The molecule has 1 aromatic heterocycles. The van der Waals surface area contributed by atoms with Gasteiger partial charge in [0, 0.05) is 25.7 Å². The van der Waals surface area contributed by atoms with Crippen molar-refractivity contribution >= 4 is 23.4 Å². The standard InChI is InChI=1S/C25H35N3O3.ClH/c29-16-20(30)14-27-22-3-1-2-4-23(22)28(24(27)31)19-7-11-26(12-8-19)15-21-17-5-6-18(13-17)25(21)9-10-25;/h1-4,17-21,29-30H,5-16H2;1H. The highest BCUT2D eigenvalue weighted by Gasteiger charge is 2.63. The van der Waals surface area contributed by atoms with E-state index in [-0.39, 0.29) is 37.3 Å². The van der Waals surface area contributed by atoms with Gasteiger partial charge in [-0.15, -0.1) is 12.4 Å². The third kappa shape index (κ3) is 3.46. The van der Waals surface area contributed by atoms with E-state index >= 15 is 0 Å². The van der Waals surface area contributed by atoms with Gasteiger partial charge in [-0.25, -0.2) is 4.79 Å². The van der Waals surface area contributed by atoms with Gasteiger partial charge in [0.2, 0.25) is 0 Å².